The highest BCUT2D eigenvalue weighted by atomic mass is 35.5. The van der Waals surface area contributed by atoms with E-state index in [1.807, 2.05) is 19.1 Å². The summed E-state index contributed by atoms with van der Waals surface area (Å²) in [5.74, 6) is -0.543. The lowest BCUT2D eigenvalue weighted by molar-refractivity contribution is 0.0941. The lowest BCUT2D eigenvalue weighted by Gasteiger charge is -2.23. The smallest absolute Gasteiger partial charge is 0.259 e. The van der Waals surface area contributed by atoms with Crippen LogP contribution in [0.15, 0.2) is 76.5 Å². The Kier molecular flexibility index (Phi) is 7.77. The van der Waals surface area contributed by atoms with Crippen LogP contribution >= 0.6 is 11.6 Å². The Bertz CT molecular complexity index is 1250. The number of rotatable bonds is 8. The average molecular weight is 497 g/mol. The minimum atomic E-state index is -1.58. The maximum Gasteiger partial charge on any atom is 0.259 e. The van der Waals surface area contributed by atoms with Gasteiger partial charge in [0.15, 0.2) is 0 Å². The van der Waals surface area contributed by atoms with Gasteiger partial charge in [-0.2, -0.15) is 0 Å². The molecular formula is C26H25ClN2O4S. The van der Waals surface area contributed by atoms with Gasteiger partial charge in [0.1, 0.15) is 0 Å². The Labute approximate surface area is 206 Å². The molecule has 0 aliphatic carbocycles. The molecule has 34 heavy (non-hydrogen) atoms. The molecule has 1 aliphatic rings. The molecule has 8 heteroatoms. The second-order valence-electron chi connectivity index (χ2n) is 7.77. The highest BCUT2D eigenvalue weighted by Crippen LogP contribution is 2.36. The molecule has 3 aromatic carbocycles. The summed E-state index contributed by atoms with van der Waals surface area (Å²) in [5, 5.41) is 3.44. The minimum Gasteiger partial charge on any atom is -0.382 e. The number of fused-ring (bicyclic) bond motifs is 2. The number of hydrogen-bond acceptors (Lipinski definition) is 4. The van der Waals surface area contributed by atoms with Gasteiger partial charge >= 0.3 is 0 Å². The van der Waals surface area contributed by atoms with E-state index < -0.39 is 10.8 Å². The van der Waals surface area contributed by atoms with E-state index in [9.17, 15) is 13.8 Å². The number of anilines is 1. The van der Waals surface area contributed by atoms with Gasteiger partial charge in [-0.25, -0.2) is 4.21 Å². The molecule has 0 bridgehead atoms. The van der Waals surface area contributed by atoms with E-state index >= 15 is 0 Å². The number of nitrogens with one attached hydrogen (secondary N) is 1. The van der Waals surface area contributed by atoms with Crippen LogP contribution in [-0.2, 0) is 22.1 Å². The van der Waals surface area contributed by atoms with Crippen molar-refractivity contribution in [1.82, 2.24) is 5.32 Å². The zero-order valence-electron chi connectivity index (χ0n) is 18.8. The molecule has 1 heterocycles. The van der Waals surface area contributed by atoms with E-state index in [-0.39, 0.29) is 18.4 Å². The van der Waals surface area contributed by atoms with Crippen LogP contribution in [0, 0.1) is 0 Å². The molecule has 6 nitrogen and oxygen atoms in total. The van der Waals surface area contributed by atoms with Gasteiger partial charge in [-0.1, -0.05) is 35.9 Å². The maximum atomic E-state index is 13.6. The van der Waals surface area contributed by atoms with Crippen molar-refractivity contribution >= 4 is 39.9 Å². The average Bonchev–Trinajstić information content (AvgIpc) is 2.93. The van der Waals surface area contributed by atoms with E-state index in [1.165, 1.54) is 0 Å². The lowest BCUT2D eigenvalue weighted by atomic mass is 10.1. The standard InChI is InChI=1S/C26H25ClN2O4S/c1-2-33-14-6-13-28-25(30)19-11-12-24-22(16-19)29(17-18-7-5-8-20(27)15-18)26(31)21-9-3-4-10-23(21)34(24)32/h3-5,7-12,15-16H,2,6,13-14,17H2,1H3,(H,28,30)/t34-/m1/s1. The molecule has 1 atom stereocenters. The summed E-state index contributed by atoms with van der Waals surface area (Å²) < 4.78 is 18.8. The van der Waals surface area contributed by atoms with E-state index in [1.54, 1.807) is 59.5 Å². The lowest BCUT2D eigenvalue weighted by Crippen LogP contribution is -2.31. The Morgan fingerprint density at radius 2 is 1.88 bits per heavy atom. The van der Waals surface area contributed by atoms with Crippen molar-refractivity contribution in [1.29, 1.82) is 0 Å². The molecule has 1 N–H and O–H groups in total. The predicted molar refractivity (Wildman–Crippen MR) is 133 cm³/mol. The van der Waals surface area contributed by atoms with Crippen LogP contribution in [0.25, 0.3) is 0 Å². The molecule has 0 saturated carbocycles. The predicted octanol–water partition coefficient (Wildman–Crippen LogP) is 4.82. The molecule has 4 rings (SSSR count). The Morgan fingerprint density at radius 3 is 2.68 bits per heavy atom. The number of benzene rings is 3. The summed E-state index contributed by atoms with van der Waals surface area (Å²) in [7, 11) is -1.58. The first-order valence-corrected chi connectivity index (χ1v) is 12.6. The van der Waals surface area contributed by atoms with Crippen molar-refractivity contribution in [3.8, 4) is 0 Å². The van der Waals surface area contributed by atoms with Crippen LogP contribution in [0.4, 0.5) is 5.69 Å². The number of carbonyl (C=O) groups is 2. The summed E-state index contributed by atoms with van der Waals surface area (Å²) in [5.41, 5.74) is 2.03. The van der Waals surface area contributed by atoms with E-state index in [4.69, 9.17) is 16.3 Å². The van der Waals surface area contributed by atoms with Gasteiger partial charge in [-0.15, -0.1) is 0 Å². The summed E-state index contributed by atoms with van der Waals surface area (Å²) in [6.07, 6.45) is 0.698. The first-order valence-electron chi connectivity index (χ1n) is 11.1. The second-order valence-corrected chi connectivity index (χ2v) is 9.63. The first-order chi connectivity index (χ1) is 16.5. The summed E-state index contributed by atoms with van der Waals surface area (Å²) in [4.78, 5) is 28.9. The SMILES string of the molecule is CCOCCCNC(=O)c1ccc2c(c1)N(Cc1cccc(Cl)c1)C(=O)c1ccccc1[S@]2=O. The van der Waals surface area contributed by atoms with Crippen LogP contribution in [0.3, 0.4) is 0 Å². The molecule has 3 aromatic rings. The molecule has 0 radical (unpaired) electrons. The highest BCUT2D eigenvalue weighted by molar-refractivity contribution is 7.85. The monoisotopic (exact) mass is 496 g/mol. The minimum absolute atomic E-state index is 0.220. The molecule has 0 spiro atoms. The molecular weight excluding hydrogens is 472 g/mol. The van der Waals surface area contributed by atoms with Crippen LogP contribution in [0.1, 0.15) is 39.6 Å². The van der Waals surface area contributed by atoms with Crippen LogP contribution < -0.4 is 10.2 Å². The van der Waals surface area contributed by atoms with Crippen molar-refractivity contribution in [2.24, 2.45) is 0 Å². The van der Waals surface area contributed by atoms with E-state index in [0.717, 1.165) is 5.56 Å². The topological polar surface area (TPSA) is 75.7 Å². The van der Waals surface area contributed by atoms with Crippen molar-refractivity contribution in [2.45, 2.75) is 29.7 Å². The van der Waals surface area contributed by atoms with Crippen molar-refractivity contribution < 1.29 is 18.5 Å². The van der Waals surface area contributed by atoms with E-state index in [2.05, 4.69) is 5.32 Å². The molecule has 0 aromatic heterocycles. The zero-order valence-corrected chi connectivity index (χ0v) is 20.3. The zero-order chi connectivity index (χ0) is 24.1. The second kappa shape index (κ2) is 11.0. The third kappa shape index (κ3) is 5.22. The molecule has 176 valence electrons. The van der Waals surface area contributed by atoms with Crippen LogP contribution in [-0.4, -0.2) is 35.8 Å². The third-order valence-electron chi connectivity index (χ3n) is 5.46. The van der Waals surface area contributed by atoms with Gasteiger partial charge in [-0.05, 0) is 61.4 Å². The Balaban J connectivity index is 1.71. The van der Waals surface area contributed by atoms with Gasteiger partial charge in [0.2, 0.25) is 0 Å². The molecule has 2 amide bonds. The van der Waals surface area contributed by atoms with Crippen molar-refractivity contribution in [2.75, 3.05) is 24.7 Å². The number of ether oxygens (including phenoxy) is 1. The number of carbonyl (C=O) groups excluding carboxylic acids is 2. The highest BCUT2D eigenvalue weighted by Gasteiger charge is 2.31. The van der Waals surface area contributed by atoms with Gasteiger partial charge < -0.3 is 15.0 Å². The normalized spacial score (nSPS) is 14.8. The summed E-state index contributed by atoms with van der Waals surface area (Å²) in [6.45, 7) is 3.82. The Morgan fingerprint density at radius 1 is 1.06 bits per heavy atom. The van der Waals surface area contributed by atoms with Gasteiger partial charge in [-0.3, -0.25) is 9.59 Å². The van der Waals surface area contributed by atoms with Crippen LogP contribution in [0.5, 0.6) is 0 Å². The fraction of sp³-hybridized carbons (Fsp3) is 0.231. The summed E-state index contributed by atoms with van der Waals surface area (Å²) in [6, 6.07) is 19.1. The molecule has 1 aliphatic heterocycles. The fourth-order valence-corrected chi connectivity index (χ4v) is 5.36. The maximum absolute atomic E-state index is 13.6. The largest absolute Gasteiger partial charge is 0.382 e. The number of nitrogens with zero attached hydrogens (tertiary/aromatic N) is 1. The van der Waals surface area contributed by atoms with Gasteiger partial charge in [0.05, 0.1) is 38.4 Å². The Hall–Kier alpha value is -3.00. The first kappa shape index (κ1) is 24.1. The molecule has 0 unspecified atom stereocenters. The van der Waals surface area contributed by atoms with Crippen LogP contribution in [0.2, 0.25) is 5.02 Å². The number of halogens is 1. The molecule has 0 saturated heterocycles. The molecule has 0 fully saturated rings. The van der Waals surface area contributed by atoms with Gasteiger partial charge in [0.25, 0.3) is 11.8 Å². The number of hydrogen-bond donors (Lipinski definition) is 1. The quantitative estimate of drug-likeness (QED) is 0.453. The van der Waals surface area contributed by atoms with Crippen molar-refractivity contribution in [3.05, 3.63) is 88.4 Å². The van der Waals surface area contributed by atoms with Gasteiger partial charge in [0, 0.05) is 30.3 Å². The third-order valence-corrected chi connectivity index (χ3v) is 7.19. The van der Waals surface area contributed by atoms with E-state index in [0.29, 0.717) is 57.8 Å². The number of amides is 2. The fourth-order valence-electron chi connectivity index (χ4n) is 3.80. The summed E-state index contributed by atoms with van der Waals surface area (Å²) >= 11 is 6.17. The van der Waals surface area contributed by atoms with Crippen molar-refractivity contribution in [3.63, 3.8) is 0 Å².